The average Bonchev–Trinajstić information content (AvgIpc) is 3.12. The molecular formula is C24H30FNO4. The first-order chi connectivity index (χ1) is 14.1. The molecule has 1 heterocycles. The third-order valence-electron chi connectivity index (χ3n) is 5.16. The van der Waals surface area contributed by atoms with Crippen molar-refractivity contribution >= 4 is 6.09 Å². The van der Waals surface area contributed by atoms with Crippen molar-refractivity contribution < 1.29 is 23.8 Å². The second kappa shape index (κ2) is 9.14. The molecule has 162 valence electrons. The van der Waals surface area contributed by atoms with Gasteiger partial charge in [-0.05, 0) is 56.9 Å². The Balaban J connectivity index is 1.77. The highest BCUT2D eigenvalue weighted by molar-refractivity contribution is 5.69. The van der Waals surface area contributed by atoms with Crippen molar-refractivity contribution in [2.24, 2.45) is 0 Å². The van der Waals surface area contributed by atoms with Crippen LogP contribution in [0.5, 0.6) is 0 Å². The number of aliphatic hydroxyl groups is 1. The fourth-order valence-electron chi connectivity index (χ4n) is 3.58. The van der Waals surface area contributed by atoms with Gasteiger partial charge in [0.1, 0.15) is 11.4 Å². The number of ether oxygens (including phenoxy) is 2. The summed E-state index contributed by atoms with van der Waals surface area (Å²) < 4.78 is 25.6. The first-order valence-electron chi connectivity index (χ1n) is 10.2. The smallest absolute Gasteiger partial charge is 0.410 e. The van der Waals surface area contributed by atoms with Gasteiger partial charge in [0.15, 0.2) is 0 Å². The molecule has 0 saturated carbocycles. The van der Waals surface area contributed by atoms with Crippen molar-refractivity contribution in [2.45, 2.75) is 64.6 Å². The number of carbonyl (C=O) groups is 1. The molecule has 1 amide bonds. The van der Waals surface area contributed by atoms with Gasteiger partial charge in [-0.15, -0.1) is 0 Å². The number of amides is 1. The zero-order chi connectivity index (χ0) is 21.9. The summed E-state index contributed by atoms with van der Waals surface area (Å²) >= 11 is 0. The van der Waals surface area contributed by atoms with Crippen LogP contribution in [-0.4, -0.2) is 40.4 Å². The van der Waals surface area contributed by atoms with Crippen LogP contribution in [0.15, 0.2) is 48.5 Å². The molecule has 1 aliphatic rings. The average molecular weight is 416 g/mol. The van der Waals surface area contributed by atoms with Crippen LogP contribution < -0.4 is 0 Å². The molecule has 5 nitrogen and oxygen atoms in total. The molecule has 1 aliphatic heterocycles. The lowest BCUT2D eigenvalue weighted by Gasteiger charge is -2.31. The zero-order valence-corrected chi connectivity index (χ0v) is 18.0. The van der Waals surface area contributed by atoms with E-state index in [2.05, 4.69) is 0 Å². The van der Waals surface area contributed by atoms with Crippen molar-refractivity contribution in [3.8, 4) is 0 Å². The van der Waals surface area contributed by atoms with Gasteiger partial charge in [-0.2, -0.15) is 0 Å². The van der Waals surface area contributed by atoms with E-state index in [-0.39, 0.29) is 11.9 Å². The Kier molecular flexibility index (Phi) is 6.78. The van der Waals surface area contributed by atoms with Crippen LogP contribution in [0.1, 0.15) is 50.0 Å². The van der Waals surface area contributed by atoms with Gasteiger partial charge < -0.3 is 14.6 Å². The number of rotatable bonds is 5. The van der Waals surface area contributed by atoms with E-state index in [9.17, 15) is 14.3 Å². The summed E-state index contributed by atoms with van der Waals surface area (Å²) in [4.78, 5) is 14.3. The fourth-order valence-corrected chi connectivity index (χ4v) is 3.58. The lowest BCUT2D eigenvalue weighted by atomic mass is 9.98. The van der Waals surface area contributed by atoms with Crippen molar-refractivity contribution in [3.05, 3.63) is 71.0 Å². The number of hydrogen-bond donors (Lipinski definition) is 1. The maximum absolute atomic E-state index is 14.0. The molecule has 30 heavy (non-hydrogen) atoms. The van der Waals surface area contributed by atoms with Crippen molar-refractivity contribution in [1.82, 2.24) is 4.90 Å². The molecule has 1 saturated heterocycles. The van der Waals surface area contributed by atoms with Crippen molar-refractivity contribution in [3.63, 3.8) is 0 Å². The zero-order valence-electron chi connectivity index (χ0n) is 18.0. The second-order valence-electron chi connectivity index (χ2n) is 8.81. The van der Waals surface area contributed by atoms with Crippen LogP contribution in [0.2, 0.25) is 0 Å². The summed E-state index contributed by atoms with van der Waals surface area (Å²) in [5.74, 6) is -0.384. The van der Waals surface area contributed by atoms with E-state index in [1.165, 1.54) is 11.0 Å². The number of aryl methyl sites for hydroxylation is 1. The number of nitrogens with zero attached hydrogens (tertiary/aromatic N) is 1. The molecule has 1 unspecified atom stereocenters. The van der Waals surface area contributed by atoms with Gasteiger partial charge in [0.05, 0.1) is 31.4 Å². The minimum absolute atomic E-state index is 0.257. The third kappa shape index (κ3) is 5.58. The van der Waals surface area contributed by atoms with Gasteiger partial charge in [-0.3, -0.25) is 4.90 Å². The van der Waals surface area contributed by atoms with E-state index in [4.69, 9.17) is 9.47 Å². The maximum atomic E-state index is 14.0. The number of likely N-dealkylation sites (tertiary alicyclic amines) is 1. The summed E-state index contributed by atoms with van der Waals surface area (Å²) in [7, 11) is 0. The molecule has 0 aliphatic carbocycles. The van der Waals surface area contributed by atoms with E-state index >= 15 is 0 Å². The highest BCUT2D eigenvalue weighted by atomic mass is 19.1. The van der Waals surface area contributed by atoms with Gasteiger partial charge in [0.2, 0.25) is 0 Å². The fraction of sp³-hybridized carbons (Fsp3) is 0.458. The molecule has 0 radical (unpaired) electrons. The minimum Gasteiger partial charge on any atom is -0.444 e. The topological polar surface area (TPSA) is 59.0 Å². The number of carbonyl (C=O) groups excluding carboxylic acids is 1. The Morgan fingerprint density at radius 2 is 1.93 bits per heavy atom. The molecule has 1 fully saturated rings. The Morgan fingerprint density at radius 1 is 1.23 bits per heavy atom. The first-order valence-corrected chi connectivity index (χ1v) is 10.2. The highest BCUT2D eigenvalue weighted by Crippen LogP contribution is 2.33. The molecule has 0 aromatic heterocycles. The summed E-state index contributed by atoms with van der Waals surface area (Å²) in [5.41, 5.74) is 1.31. The van der Waals surface area contributed by atoms with E-state index in [0.29, 0.717) is 30.7 Å². The standard InChI is InChI=1S/C24H30FNO4/c1-16-10-11-18(12-20(16)25)22(27)21-13-19(29-15-17-8-6-5-7-9-17)14-26(21)23(28)30-24(2,3)4/h5-12,19,21-22,27H,13-15H2,1-4H3/t19-,21+,22?/m1/s1. The predicted octanol–water partition coefficient (Wildman–Crippen LogP) is 4.76. The Hall–Kier alpha value is -2.44. The van der Waals surface area contributed by atoms with E-state index < -0.39 is 23.8 Å². The Bertz CT molecular complexity index is 865. The van der Waals surface area contributed by atoms with E-state index in [0.717, 1.165) is 5.56 Å². The largest absolute Gasteiger partial charge is 0.444 e. The number of benzene rings is 2. The first kappa shape index (κ1) is 22.2. The van der Waals surface area contributed by atoms with Crippen molar-refractivity contribution in [1.29, 1.82) is 0 Å². The van der Waals surface area contributed by atoms with E-state index in [1.54, 1.807) is 39.8 Å². The molecule has 6 heteroatoms. The van der Waals surface area contributed by atoms with Crippen LogP contribution >= 0.6 is 0 Å². The Morgan fingerprint density at radius 3 is 2.57 bits per heavy atom. The van der Waals surface area contributed by atoms with Gasteiger partial charge in [0, 0.05) is 0 Å². The number of hydrogen-bond acceptors (Lipinski definition) is 4. The highest BCUT2D eigenvalue weighted by Gasteiger charge is 2.42. The van der Waals surface area contributed by atoms with Gasteiger partial charge in [-0.1, -0.05) is 42.5 Å². The molecular weight excluding hydrogens is 385 g/mol. The van der Waals surface area contributed by atoms with Gasteiger partial charge in [0.25, 0.3) is 0 Å². The molecule has 1 N–H and O–H groups in total. The van der Waals surface area contributed by atoms with E-state index in [1.807, 2.05) is 30.3 Å². The quantitative estimate of drug-likeness (QED) is 0.765. The summed E-state index contributed by atoms with van der Waals surface area (Å²) in [5, 5.41) is 11.0. The molecule has 0 spiro atoms. The summed E-state index contributed by atoms with van der Waals surface area (Å²) in [6.07, 6.45) is -1.38. The monoisotopic (exact) mass is 415 g/mol. The predicted molar refractivity (Wildman–Crippen MR) is 112 cm³/mol. The Labute approximate surface area is 177 Å². The molecule has 3 rings (SSSR count). The SMILES string of the molecule is Cc1ccc(C(O)[C@@H]2C[C@@H](OCc3ccccc3)CN2C(=O)OC(C)(C)C)cc1F. The van der Waals surface area contributed by atoms with Crippen LogP contribution in [0.25, 0.3) is 0 Å². The number of halogens is 1. The summed E-state index contributed by atoms with van der Waals surface area (Å²) in [6.45, 7) is 7.77. The van der Waals surface area contributed by atoms with Crippen molar-refractivity contribution in [2.75, 3.05) is 6.54 Å². The molecule has 0 bridgehead atoms. The molecule has 2 aromatic rings. The minimum atomic E-state index is -1.04. The molecule has 3 atom stereocenters. The normalized spacial score (nSPS) is 20.3. The van der Waals surface area contributed by atoms with Crippen LogP contribution in [0.4, 0.5) is 9.18 Å². The van der Waals surface area contributed by atoms with Crippen LogP contribution in [0, 0.1) is 12.7 Å². The van der Waals surface area contributed by atoms with Gasteiger partial charge >= 0.3 is 6.09 Å². The lowest BCUT2D eigenvalue weighted by Crippen LogP contribution is -2.42. The molecule has 2 aromatic carbocycles. The number of aliphatic hydroxyl groups excluding tert-OH is 1. The van der Waals surface area contributed by atoms with Crippen LogP contribution in [-0.2, 0) is 16.1 Å². The van der Waals surface area contributed by atoms with Gasteiger partial charge in [-0.25, -0.2) is 9.18 Å². The summed E-state index contributed by atoms with van der Waals surface area (Å²) in [6, 6.07) is 13.9. The third-order valence-corrected chi connectivity index (χ3v) is 5.16. The maximum Gasteiger partial charge on any atom is 0.410 e. The lowest BCUT2D eigenvalue weighted by molar-refractivity contribution is 0.00298. The second-order valence-corrected chi connectivity index (χ2v) is 8.81. The van der Waals surface area contributed by atoms with Crippen LogP contribution in [0.3, 0.4) is 0 Å².